The molecule has 2 fully saturated rings. The number of carbonyl (C=O) groups excluding carboxylic acids is 3. The zero-order valence-electron chi connectivity index (χ0n) is 21.4. The molecule has 1 N–H and O–H groups in total. The summed E-state index contributed by atoms with van der Waals surface area (Å²) >= 11 is 3.30. The van der Waals surface area contributed by atoms with Gasteiger partial charge in [-0.2, -0.15) is 5.10 Å². The molecule has 1 aliphatic carbocycles. The fourth-order valence-electron chi connectivity index (χ4n) is 5.66. The van der Waals surface area contributed by atoms with E-state index in [-0.39, 0.29) is 30.3 Å². The van der Waals surface area contributed by atoms with Crippen molar-refractivity contribution >= 4 is 52.3 Å². The first kappa shape index (κ1) is 25.9. The minimum atomic E-state index is -0.959. The highest BCUT2D eigenvalue weighted by Gasteiger charge is 2.50. The van der Waals surface area contributed by atoms with E-state index in [4.69, 9.17) is 5.10 Å². The van der Waals surface area contributed by atoms with Gasteiger partial charge in [0.2, 0.25) is 0 Å². The normalized spacial score (nSPS) is 26.5. The maximum Gasteiger partial charge on any atom is 0.325 e. The molecule has 0 radical (unpaired) electrons. The molecule has 2 aromatic heterocycles. The lowest BCUT2D eigenvalue weighted by Gasteiger charge is -2.29. The summed E-state index contributed by atoms with van der Waals surface area (Å²) in [6.07, 6.45) is 9.76. The van der Waals surface area contributed by atoms with Gasteiger partial charge in [0.25, 0.3) is 11.8 Å². The van der Waals surface area contributed by atoms with Crippen molar-refractivity contribution in [3.05, 3.63) is 50.4 Å². The zero-order chi connectivity index (χ0) is 26.0. The number of nitrogens with one attached hydrogen (secondary N) is 1. The van der Waals surface area contributed by atoms with Gasteiger partial charge >= 0.3 is 6.03 Å². The molecule has 1 saturated heterocycles. The van der Waals surface area contributed by atoms with E-state index in [1.807, 2.05) is 23.6 Å². The largest absolute Gasteiger partial charge is 0.325 e. The zero-order valence-corrected chi connectivity index (χ0v) is 23.1. The molecule has 4 amide bonds. The van der Waals surface area contributed by atoms with Gasteiger partial charge in [0.1, 0.15) is 12.1 Å². The van der Waals surface area contributed by atoms with Crippen LogP contribution in [0.1, 0.15) is 81.0 Å². The molecule has 4 heterocycles. The van der Waals surface area contributed by atoms with E-state index in [1.54, 1.807) is 34.6 Å². The van der Waals surface area contributed by atoms with Crippen LogP contribution in [0.25, 0.3) is 6.08 Å². The van der Waals surface area contributed by atoms with Crippen molar-refractivity contribution in [2.24, 2.45) is 11.0 Å². The maximum atomic E-state index is 13.7. The summed E-state index contributed by atoms with van der Waals surface area (Å²) in [4.78, 5) is 43.1. The van der Waals surface area contributed by atoms with Crippen LogP contribution in [0.5, 0.6) is 0 Å². The summed E-state index contributed by atoms with van der Waals surface area (Å²) in [5.41, 5.74) is 1.18. The average molecular weight is 539 g/mol. The number of hydrogen-bond acceptors (Lipinski definition) is 6. The summed E-state index contributed by atoms with van der Waals surface area (Å²) in [5.74, 6) is -0.540. The van der Waals surface area contributed by atoms with E-state index in [0.717, 1.165) is 60.4 Å². The number of carbonyl (C=O) groups is 3. The lowest BCUT2D eigenvalue weighted by molar-refractivity contribution is -0.140. The van der Waals surface area contributed by atoms with Crippen molar-refractivity contribution in [3.8, 4) is 0 Å². The van der Waals surface area contributed by atoms with Crippen LogP contribution in [0.3, 0.4) is 0 Å². The van der Waals surface area contributed by atoms with Gasteiger partial charge in [-0.15, -0.1) is 22.7 Å². The standard InChI is InChI=1S/C28H34N4O3S2/c1-3-4-5-6-14-28(2)26(34)31(27(35)29-28)18-23(33)32-25(22-13-9-16-37-22)21-12-7-10-19(24(21)30-32)17-20-11-8-15-36-20/h8-9,11,13,15-17,21,25H,3-7,10,12,14,18H2,1-2H3,(H,29,35)/b19-17-/t21-,25+,28+/m1/s1. The Hall–Kier alpha value is -2.78. The second-order valence-corrected chi connectivity index (χ2v) is 12.3. The van der Waals surface area contributed by atoms with Gasteiger partial charge in [0.15, 0.2) is 0 Å². The fourth-order valence-corrected chi connectivity index (χ4v) is 7.22. The number of amides is 4. The molecule has 0 aromatic carbocycles. The van der Waals surface area contributed by atoms with Gasteiger partial charge in [-0.05, 0) is 67.1 Å². The lowest BCUT2D eigenvalue weighted by atomic mass is 9.79. The average Bonchev–Trinajstić information content (AvgIpc) is 3.67. The second kappa shape index (κ2) is 10.9. The minimum Gasteiger partial charge on any atom is -0.323 e. The molecule has 3 atom stereocenters. The summed E-state index contributed by atoms with van der Waals surface area (Å²) in [6.45, 7) is 3.61. The Kier molecular flexibility index (Phi) is 7.62. The van der Waals surface area contributed by atoms with Gasteiger partial charge in [0.05, 0.1) is 11.8 Å². The minimum absolute atomic E-state index is 0.106. The van der Waals surface area contributed by atoms with Crippen LogP contribution in [-0.2, 0) is 9.59 Å². The van der Waals surface area contributed by atoms with Gasteiger partial charge in [-0.25, -0.2) is 9.80 Å². The second-order valence-electron chi connectivity index (χ2n) is 10.3. The van der Waals surface area contributed by atoms with E-state index >= 15 is 0 Å². The molecule has 7 nitrogen and oxygen atoms in total. The molecule has 0 unspecified atom stereocenters. The summed E-state index contributed by atoms with van der Waals surface area (Å²) in [7, 11) is 0. The van der Waals surface area contributed by atoms with Crippen LogP contribution in [0, 0.1) is 5.92 Å². The van der Waals surface area contributed by atoms with Crippen molar-refractivity contribution < 1.29 is 14.4 Å². The van der Waals surface area contributed by atoms with Crippen molar-refractivity contribution in [2.45, 2.75) is 76.8 Å². The third-order valence-corrected chi connectivity index (χ3v) is 9.38. The van der Waals surface area contributed by atoms with Crippen molar-refractivity contribution in [1.29, 1.82) is 0 Å². The number of imide groups is 1. The number of rotatable bonds is 9. The monoisotopic (exact) mass is 538 g/mol. The number of unbranched alkanes of at least 4 members (excludes halogenated alkanes) is 3. The number of hydrazone groups is 1. The predicted octanol–water partition coefficient (Wildman–Crippen LogP) is 6.21. The molecule has 1 saturated carbocycles. The van der Waals surface area contributed by atoms with Crippen molar-refractivity contribution in [1.82, 2.24) is 15.2 Å². The van der Waals surface area contributed by atoms with Crippen LogP contribution in [0.15, 0.2) is 45.7 Å². The summed E-state index contributed by atoms with van der Waals surface area (Å²) in [5, 5.41) is 13.4. The Morgan fingerprint density at radius 1 is 1.19 bits per heavy atom. The number of thiophene rings is 2. The Morgan fingerprint density at radius 2 is 2.00 bits per heavy atom. The molecule has 3 aliphatic rings. The van der Waals surface area contributed by atoms with Crippen LogP contribution >= 0.6 is 22.7 Å². The smallest absolute Gasteiger partial charge is 0.323 e. The van der Waals surface area contributed by atoms with Crippen molar-refractivity contribution in [3.63, 3.8) is 0 Å². The number of fused-ring (bicyclic) bond motifs is 1. The Balaban J connectivity index is 1.38. The highest BCUT2D eigenvalue weighted by Crippen LogP contribution is 2.45. The van der Waals surface area contributed by atoms with Gasteiger partial charge in [0, 0.05) is 15.7 Å². The molecule has 196 valence electrons. The molecular formula is C28H34N4O3S2. The number of allylic oxidation sites excluding steroid dienone is 1. The molecule has 2 aliphatic heterocycles. The van der Waals surface area contributed by atoms with Crippen molar-refractivity contribution in [2.75, 3.05) is 6.54 Å². The van der Waals surface area contributed by atoms with E-state index in [2.05, 4.69) is 29.8 Å². The summed E-state index contributed by atoms with van der Waals surface area (Å²) in [6, 6.07) is 7.46. The van der Waals surface area contributed by atoms with E-state index in [9.17, 15) is 14.4 Å². The van der Waals surface area contributed by atoms with Crippen LogP contribution in [-0.4, -0.2) is 45.5 Å². The third-order valence-electron chi connectivity index (χ3n) is 7.62. The van der Waals surface area contributed by atoms with E-state index < -0.39 is 11.6 Å². The first-order valence-corrected chi connectivity index (χ1v) is 15.0. The number of urea groups is 1. The maximum absolute atomic E-state index is 13.7. The van der Waals surface area contributed by atoms with Gasteiger partial charge < -0.3 is 5.32 Å². The number of nitrogens with zero attached hydrogens (tertiary/aromatic N) is 3. The highest BCUT2D eigenvalue weighted by molar-refractivity contribution is 7.11. The van der Waals surface area contributed by atoms with E-state index in [1.165, 1.54) is 10.5 Å². The first-order valence-electron chi connectivity index (χ1n) is 13.2. The highest BCUT2D eigenvalue weighted by atomic mass is 32.1. The Morgan fingerprint density at radius 3 is 2.73 bits per heavy atom. The summed E-state index contributed by atoms with van der Waals surface area (Å²) < 4.78 is 0. The third kappa shape index (κ3) is 5.16. The number of hydrogen-bond donors (Lipinski definition) is 1. The molecule has 0 bridgehead atoms. The Bertz CT molecular complexity index is 1200. The Labute approximate surface area is 226 Å². The lowest BCUT2D eigenvalue weighted by Crippen LogP contribution is -2.45. The van der Waals surface area contributed by atoms with Crippen LogP contribution in [0.2, 0.25) is 0 Å². The first-order chi connectivity index (χ1) is 17.9. The van der Waals surface area contributed by atoms with Gasteiger partial charge in [-0.1, -0.05) is 44.7 Å². The predicted molar refractivity (Wildman–Crippen MR) is 148 cm³/mol. The fraction of sp³-hybridized carbons (Fsp3) is 0.500. The quantitative estimate of drug-likeness (QED) is 0.304. The van der Waals surface area contributed by atoms with E-state index in [0.29, 0.717) is 6.42 Å². The van der Waals surface area contributed by atoms with Crippen LogP contribution < -0.4 is 5.32 Å². The molecule has 2 aromatic rings. The molecular weight excluding hydrogens is 504 g/mol. The van der Waals surface area contributed by atoms with Crippen LogP contribution in [0.4, 0.5) is 4.79 Å². The molecule has 37 heavy (non-hydrogen) atoms. The topological polar surface area (TPSA) is 82.1 Å². The molecule has 0 spiro atoms. The SMILES string of the molecule is CCCCCC[C@]1(C)NC(=O)N(CC(=O)N2N=C3/C(=C\c4cccs4)CCC[C@H]3[C@H]2c2cccs2)C1=O. The molecule has 5 rings (SSSR count). The van der Waals surface area contributed by atoms with Gasteiger partial charge in [-0.3, -0.25) is 14.5 Å². The molecule has 9 heteroatoms.